The second-order valence-corrected chi connectivity index (χ2v) is 13.1. The Balaban J connectivity index is 1.20. The molecule has 44 heavy (non-hydrogen) atoms. The SMILES string of the molecule is O=C(N1CC[C@@H](Cn2cnc(C(F)F)cc2=O)C2(CCCC2)C1)N1CC[C@@H](NC2CC(F)(F)C2)C[C@H]1c1cc(F)ccc1F. The van der Waals surface area contributed by atoms with Crippen LogP contribution in [-0.2, 0) is 6.54 Å². The average molecular weight is 626 g/mol. The van der Waals surface area contributed by atoms with Crippen molar-refractivity contribution in [3.05, 3.63) is 63.8 Å². The molecule has 2 aliphatic carbocycles. The fourth-order valence-corrected chi connectivity index (χ4v) is 7.94. The molecule has 2 aliphatic heterocycles. The molecule has 7 nitrogen and oxygen atoms in total. The molecule has 4 fully saturated rings. The molecule has 1 spiro atoms. The minimum atomic E-state index is -2.83. The van der Waals surface area contributed by atoms with Crippen LogP contribution in [0.15, 0.2) is 35.4 Å². The summed E-state index contributed by atoms with van der Waals surface area (Å²) in [5, 5.41) is 3.24. The van der Waals surface area contributed by atoms with Gasteiger partial charge in [-0.1, -0.05) is 12.8 Å². The second kappa shape index (κ2) is 12.0. The number of alkyl halides is 4. The van der Waals surface area contributed by atoms with E-state index < -0.39 is 41.3 Å². The van der Waals surface area contributed by atoms with Gasteiger partial charge in [-0.3, -0.25) is 9.36 Å². The number of benzene rings is 1. The number of hydrogen-bond acceptors (Lipinski definition) is 4. The highest BCUT2D eigenvalue weighted by molar-refractivity contribution is 5.75. The first-order chi connectivity index (χ1) is 20.9. The molecule has 1 N–H and O–H groups in total. The van der Waals surface area contributed by atoms with E-state index in [4.69, 9.17) is 0 Å². The standard InChI is InChI=1S/C31H37F6N5O2/c32-20-3-4-24(33)23(11-20)26-12-21(39-22-14-31(36,37)15-22)6-10-42(26)29(44)40-9-5-19(30(17-40)7-1-2-8-30)16-41-18-38-25(28(34)35)13-27(41)43/h3-4,11,13,18-19,21-22,26,28,39H,1-2,5-10,12,14-17H2/t19-,21+,26-/m0/s1. The molecule has 240 valence electrons. The predicted octanol–water partition coefficient (Wildman–Crippen LogP) is 6.05. The lowest BCUT2D eigenvalue weighted by molar-refractivity contribution is -0.0962. The monoisotopic (exact) mass is 625 g/mol. The maximum Gasteiger partial charge on any atom is 0.320 e. The normalized spacial score (nSPS) is 26.8. The first-order valence-corrected chi connectivity index (χ1v) is 15.4. The number of urea groups is 1. The van der Waals surface area contributed by atoms with Crippen LogP contribution in [0, 0.1) is 23.0 Å². The van der Waals surface area contributed by atoms with Crippen LogP contribution in [0.3, 0.4) is 0 Å². The molecule has 2 amide bonds. The number of aromatic nitrogens is 2. The van der Waals surface area contributed by atoms with E-state index in [2.05, 4.69) is 10.3 Å². The number of nitrogens with zero attached hydrogens (tertiary/aromatic N) is 4. The Labute approximate surface area is 251 Å². The van der Waals surface area contributed by atoms with Gasteiger partial charge < -0.3 is 15.1 Å². The molecule has 0 bridgehead atoms. The van der Waals surface area contributed by atoms with Crippen molar-refractivity contribution in [1.29, 1.82) is 0 Å². The smallest absolute Gasteiger partial charge is 0.320 e. The van der Waals surface area contributed by atoms with Crippen molar-refractivity contribution in [2.45, 2.75) is 94.8 Å². The number of likely N-dealkylation sites (tertiary alicyclic amines) is 2. The molecule has 4 aliphatic rings. The minimum Gasteiger partial charge on any atom is -0.324 e. The molecule has 2 saturated carbocycles. The van der Waals surface area contributed by atoms with Gasteiger partial charge in [-0.2, -0.15) is 0 Å². The average Bonchev–Trinajstić information content (AvgIpc) is 3.43. The Morgan fingerprint density at radius 2 is 1.80 bits per heavy atom. The predicted molar refractivity (Wildman–Crippen MR) is 149 cm³/mol. The lowest BCUT2D eigenvalue weighted by Gasteiger charge is -2.50. The van der Waals surface area contributed by atoms with Gasteiger partial charge in [-0.25, -0.2) is 36.1 Å². The summed E-state index contributed by atoms with van der Waals surface area (Å²) in [5.41, 5.74) is -1.31. The number of amides is 2. The van der Waals surface area contributed by atoms with Crippen molar-refractivity contribution in [3.63, 3.8) is 0 Å². The van der Waals surface area contributed by atoms with Gasteiger partial charge in [0.15, 0.2) is 0 Å². The van der Waals surface area contributed by atoms with Crippen LogP contribution in [0.25, 0.3) is 0 Å². The van der Waals surface area contributed by atoms with Crippen LogP contribution in [0.2, 0.25) is 0 Å². The van der Waals surface area contributed by atoms with Crippen molar-refractivity contribution in [1.82, 2.24) is 24.7 Å². The van der Waals surface area contributed by atoms with E-state index in [0.717, 1.165) is 49.9 Å². The highest BCUT2D eigenvalue weighted by Crippen LogP contribution is 2.50. The number of carbonyl (C=O) groups excluding carboxylic acids is 1. The Bertz CT molecular complexity index is 1420. The molecule has 13 heteroatoms. The number of nitrogens with one attached hydrogen (secondary N) is 1. The molecule has 0 radical (unpaired) electrons. The van der Waals surface area contributed by atoms with Gasteiger partial charge in [0.1, 0.15) is 17.3 Å². The summed E-state index contributed by atoms with van der Waals surface area (Å²) in [7, 11) is 0. The Kier molecular flexibility index (Phi) is 8.44. The Hall–Kier alpha value is -3.09. The Morgan fingerprint density at radius 3 is 2.48 bits per heavy atom. The van der Waals surface area contributed by atoms with Crippen LogP contribution in [0.1, 0.15) is 81.5 Å². The van der Waals surface area contributed by atoms with E-state index in [9.17, 15) is 31.5 Å². The van der Waals surface area contributed by atoms with Crippen LogP contribution >= 0.6 is 0 Å². The fraction of sp³-hybridized carbons (Fsp3) is 0.645. The summed E-state index contributed by atoms with van der Waals surface area (Å²) in [4.78, 5) is 33.9. The zero-order valence-corrected chi connectivity index (χ0v) is 24.3. The highest BCUT2D eigenvalue weighted by atomic mass is 19.3. The largest absolute Gasteiger partial charge is 0.324 e. The molecule has 2 saturated heterocycles. The summed E-state index contributed by atoms with van der Waals surface area (Å²) in [5.74, 6) is -3.92. The molecular formula is C31H37F6N5O2. The third-order valence-corrected chi connectivity index (χ3v) is 10.3. The van der Waals surface area contributed by atoms with Gasteiger partial charge in [-0.05, 0) is 61.6 Å². The van der Waals surface area contributed by atoms with Gasteiger partial charge in [0, 0.05) is 62.7 Å². The molecule has 1 aromatic heterocycles. The minimum absolute atomic E-state index is 0.0259. The molecule has 3 heterocycles. The molecule has 3 atom stereocenters. The fourth-order valence-electron chi connectivity index (χ4n) is 7.94. The number of piperidine rings is 2. The van der Waals surface area contributed by atoms with E-state index in [1.807, 2.05) is 0 Å². The van der Waals surface area contributed by atoms with Crippen LogP contribution in [0.4, 0.5) is 31.1 Å². The van der Waals surface area contributed by atoms with Gasteiger partial charge in [0.25, 0.3) is 17.9 Å². The summed E-state index contributed by atoms with van der Waals surface area (Å²) >= 11 is 0. The van der Waals surface area contributed by atoms with E-state index >= 15 is 4.39 Å². The molecule has 2 aromatic rings. The molecular weight excluding hydrogens is 588 g/mol. The van der Waals surface area contributed by atoms with E-state index in [-0.39, 0.29) is 60.8 Å². The Morgan fingerprint density at radius 1 is 1.05 bits per heavy atom. The third-order valence-electron chi connectivity index (χ3n) is 10.3. The first-order valence-electron chi connectivity index (χ1n) is 15.4. The molecule has 6 rings (SSSR count). The van der Waals surface area contributed by atoms with Crippen molar-refractivity contribution in [2.24, 2.45) is 11.3 Å². The van der Waals surface area contributed by atoms with Crippen LogP contribution in [0.5, 0.6) is 0 Å². The molecule has 1 aromatic carbocycles. The van der Waals surface area contributed by atoms with Gasteiger partial charge in [-0.15, -0.1) is 0 Å². The lowest BCUT2D eigenvalue weighted by Crippen LogP contribution is -2.58. The number of hydrogen-bond donors (Lipinski definition) is 1. The quantitative estimate of drug-likeness (QED) is 0.397. The second-order valence-electron chi connectivity index (χ2n) is 13.1. The number of rotatable bonds is 6. The molecule has 0 unspecified atom stereocenters. The van der Waals surface area contributed by atoms with E-state index in [0.29, 0.717) is 32.5 Å². The van der Waals surface area contributed by atoms with Crippen molar-refractivity contribution >= 4 is 6.03 Å². The van der Waals surface area contributed by atoms with Gasteiger partial charge in [0.2, 0.25) is 0 Å². The van der Waals surface area contributed by atoms with Crippen LogP contribution < -0.4 is 10.9 Å². The van der Waals surface area contributed by atoms with E-state index in [1.165, 1.54) is 10.9 Å². The highest BCUT2D eigenvalue weighted by Gasteiger charge is 2.49. The number of halogens is 6. The zero-order chi connectivity index (χ0) is 31.2. The summed E-state index contributed by atoms with van der Waals surface area (Å²) in [6.07, 6.45) is 2.77. The van der Waals surface area contributed by atoms with Gasteiger partial charge in [0.05, 0.1) is 12.4 Å². The van der Waals surface area contributed by atoms with Crippen molar-refractivity contribution < 1.29 is 31.1 Å². The lowest BCUT2D eigenvalue weighted by atomic mass is 9.69. The third kappa shape index (κ3) is 6.21. The van der Waals surface area contributed by atoms with Crippen molar-refractivity contribution in [3.8, 4) is 0 Å². The van der Waals surface area contributed by atoms with Gasteiger partial charge >= 0.3 is 6.03 Å². The summed E-state index contributed by atoms with van der Waals surface area (Å²) in [6.45, 7) is 1.38. The van der Waals surface area contributed by atoms with E-state index in [1.54, 1.807) is 9.80 Å². The van der Waals surface area contributed by atoms with Crippen molar-refractivity contribution in [2.75, 3.05) is 19.6 Å². The maximum absolute atomic E-state index is 15.1. The first kappa shape index (κ1) is 30.9. The zero-order valence-electron chi connectivity index (χ0n) is 24.3. The topological polar surface area (TPSA) is 70.5 Å². The number of carbonyl (C=O) groups is 1. The maximum atomic E-state index is 15.1. The summed E-state index contributed by atoms with van der Waals surface area (Å²) in [6, 6.07) is 2.39. The summed E-state index contributed by atoms with van der Waals surface area (Å²) < 4.78 is 83.7. The van der Waals surface area contributed by atoms with Crippen LogP contribution in [-0.4, -0.2) is 63.0 Å².